The minimum absolute atomic E-state index is 0.0168. The van der Waals surface area contributed by atoms with Crippen molar-refractivity contribution < 1.29 is 28.8 Å². The van der Waals surface area contributed by atoms with Crippen molar-refractivity contribution in [2.24, 2.45) is 22.7 Å². The van der Waals surface area contributed by atoms with Crippen LogP contribution in [0.3, 0.4) is 0 Å². The van der Waals surface area contributed by atoms with E-state index in [1.807, 2.05) is 34.6 Å². The average Bonchev–Trinajstić information content (AvgIpc) is 3.39. The van der Waals surface area contributed by atoms with Crippen molar-refractivity contribution in [1.82, 2.24) is 36.1 Å². The molecule has 4 N–H and O–H groups in total. The lowest BCUT2D eigenvalue weighted by molar-refractivity contribution is -0.147. The van der Waals surface area contributed by atoms with Crippen molar-refractivity contribution >= 4 is 57.9 Å². The van der Waals surface area contributed by atoms with E-state index in [1.165, 1.54) is 29.6 Å². The minimum atomic E-state index is -1.19. The van der Waals surface area contributed by atoms with E-state index in [2.05, 4.69) is 66.3 Å². The molecule has 0 bridgehead atoms. The Kier molecular flexibility index (Phi) is 12.7. The van der Waals surface area contributed by atoms with Crippen LogP contribution >= 0.6 is 22.6 Å². The Morgan fingerprint density at radius 1 is 1.10 bits per heavy atom. The van der Waals surface area contributed by atoms with Crippen molar-refractivity contribution in [3.63, 3.8) is 0 Å². The van der Waals surface area contributed by atoms with E-state index in [-0.39, 0.29) is 48.9 Å². The van der Waals surface area contributed by atoms with Crippen molar-refractivity contribution in [3.8, 4) is 12.3 Å². The Morgan fingerprint density at radius 2 is 1.78 bits per heavy atom. The van der Waals surface area contributed by atoms with E-state index in [0.29, 0.717) is 12.8 Å². The number of aromatic nitrogens is 2. The maximum Gasteiger partial charge on any atom is 0.289 e. The Balaban J connectivity index is 1.61. The molecule has 1 saturated heterocycles. The largest absolute Gasteiger partial charge is 0.346 e. The van der Waals surface area contributed by atoms with Crippen LogP contribution in [0.5, 0.6) is 0 Å². The Morgan fingerprint density at radius 3 is 2.37 bits per heavy atom. The van der Waals surface area contributed by atoms with Gasteiger partial charge in [0.25, 0.3) is 11.8 Å². The highest BCUT2D eigenvalue weighted by Crippen LogP contribution is 2.65. The standard InChI is InChI=1S/C37H50IN7O6/c1-8-10-14-23(27(46)32(49)41-17-9-2)42-31(48)26-25-22(36(25,6)7)21-45(26)34(51)29(35(3,4)5)44-33(50)28(37(38)15-12-11-13-16-37)43-30(47)24-20-39-18-19-40-24/h1,9,18-20,22-23,25-26,28-29H,2,10-17,21H2,3-7H3,(H,41,49)(H,42,48)(H,43,47)(H,44,50)/t22?,23?,25-,26-,28+,29+/m0/s1. The van der Waals surface area contributed by atoms with Crippen LogP contribution in [0.4, 0.5) is 0 Å². The van der Waals surface area contributed by atoms with Gasteiger partial charge in [0.2, 0.25) is 23.5 Å². The molecule has 0 aromatic carbocycles. The topological polar surface area (TPSA) is 180 Å². The zero-order valence-corrected chi connectivity index (χ0v) is 32.2. The number of ketones is 1. The Hall–Kier alpha value is -3.87. The molecule has 3 aliphatic rings. The summed E-state index contributed by atoms with van der Waals surface area (Å²) in [5.41, 5.74) is -0.974. The van der Waals surface area contributed by atoms with Crippen LogP contribution < -0.4 is 21.3 Å². The van der Waals surface area contributed by atoms with Gasteiger partial charge in [-0.3, -0.25) is 33.8 Å². The highest BCUT2D eigenvalue weighted by Gasteiger charge is 2.70. The predicted octanol–water partition coefficient (Wildman–Crippen LogP) is 2.50. The van der Waals surface area contributed by atoms with E-state index in [0.717, 1.165) is 19.3 Å². The molecular weight excluding hydrogens is 765 g/mol. The summed E-state index contributed by atoms with van der Waals surface area (Å²) in [4.78, 5) is 91.6. The summed E-state index contributed by atoms with van der Waals surface area (Å²) >= 11 is 2.27. The number of carbonyl (C=O) groups is 6. The van der Waals surface area contributed by atoms with Crippen molar-refractivity contribution in [2.45, 2.75) is 107 Å². The number of hydrogen-bond donors (Lipinski definition) is 4. The highest BCUT2D eigenvalue weighted by molar-refractivity contribution is 14.1. The molecule has 1 aromatic rings. The fraction of sp³-hybridized carbons (Fsp3) is 0.622. The summed E-state index contributed by atoms with van der Waals surface area (Å²) in [6.45, 7) is 13.4. The van der Waals surface area contributed by atoms with Gasteiger partial charge in [0.05, 0.1) is 15.7 Å². The molecule has 13 nitrogen and oxygen atoms in total. The van der Waals surface area contributed by atoms with Gasteiger partial charge in [-0.2, -0.15) is 0 Å². The number of fused-ring (bicyclic) bond motifs is 1. The number of carbonyl (C=O) groups excluding carboxylic acids is 6. The van der Waals surface area contributed by atoms with Crippen molar-refractivity contribution in [2.75, 3.05) is 13.1 Å². The van der Waals surface area contributed by atoms with Gasteiger partial charge in [-0.15, -0.1) is 18.9 Å². The number of alkyl halides is 1. The molecule has 4 rings (SSSR count). The first-order valence-corrected chi connectivity index (χ1v) is 18.6. The predicted molar refractivity (Wildman–Crippen MR) is 199 cm³/mol. The molecule has 6 atom stereocenters. The van der Waals surface area contributed by atoms with Gasteiger partial charge in [-0.05, 0) is 41.9 Å². The second-order valence-electron chi connectivity index (χ2n) is 15.5. The van der Waals surface area contributed by atoms with E-state index in [4.69, 9.17) is 6.42 Å². The lowest BCUT2D eigenvalue weighted by Crippen LogP contribution is -2.64. The molecule has 51 heavy (non-hydrogen) atoms. The quantitative estimate of drug-likeness (QED) is 0.0728. The first kappa shape index (κ1) is 39.9. The molecule has 1 aliphatic heterocycles. The summed E-state index contributed by atoms with van der Waals surface area (Å²) < 4.78 is -0.608. The molecule has 1 aromatic heterocycles. The third-order valence-electron chi connectivity index (χ3n) is 10.5. The molecule has 14 heteroatoms. The third kappa shape index (κ3) is 8.96. The molecular formula is C37H50IN7O6. The lowest BCUT2D eigenvalue weighted by atomic mass is 9.81. The van der Waals surface area contributed by atoms with Gasteiger partial charge in [0.15, 0.2) is 0 Å². The third-order valence-corrected chi connectivity index (χ3v) is 12.2. The second kappa shape index (κ2) is 16.2. The monoisotopic (exact) mass is 815 g/mol. The molecule has 0 radical (unpaired) electrons. The SMILES string of the molecule is C#CCCC(NC(=O)[C@@H]1[C@@H]2C(CN1C(=O)[C@@H](NC(=O)[C@@H](NC(=O)c1cnccn1)C1(I)CCCCC1)C(C)(C)C)C2(C)C)C(=O)C(=O)NCC=C. The number of terminal acetylenes is 1. The number of nitrogens with one attached hydrogen (secondary N) is 4. The molecule has 3 fully saturated rings. The van der Waals surface area contributed by atoms with Gasteiger partial charge in [0, 0.05) is 31.9 Å². The summed E-state index contributed by atoms with van der Waals surface area (Å²) in [7, 11) is 0. The molecule has 2 heterocycles. The fourth-order valence-electron chi connectivity index (χ4n) is 7.50. The second-order valence-corrected chi connectivity index (χ2v) is 17.6. The van der Waals surface area contributed by atoms with Crippen molar-refractivity contribution in [1.29, 1.82) is 0 Å². The maximum atomic E-state index is 14.6. The van der Waals surface area contributed by atoms with Gasteiger partial charge in [0.1, 0.15) is 23.8 Å². The maximum absolute atomic E-state index is 14.6. The molecule has 2 aliphatic carbocycles. The number of Topliss-reactive ketones (excluding diaryl/α,β-unsaturated/α-hetero) is 1. The molecule has 276 valence electrons. The number of hydrogen-bond acceptors (Lipinski definition) is 8. The molecule has 5 amide bonds. The van der Waals surface area contributed by atoms with E-state index < -0.39 is 68.3 Å². The van der Waals surface area contributed by atoms with Crippen LogP contribution in [0, 0.1) is 35.0 Å². The van der Waals surface area contributed by atoms with Crippen LogP contribution in [-0.2, 0) is 24.0 Å². The zero-order chi connectivity index (χ0) is 37.7. The van der Waals surface area contributed by atoms with E-state index in [1.54, 1.807) is 0 Å². The summed E-state index contributed by atoms with van der Waals surface area (Å²) in [6, 6.07) is -4.18. The summed E-state index contributed by atoms with van der Waals surface area (Å²) in [5, 5.41) is 11.1. The first-order valence-electron chi connectivity index (χ1n) is 17.5. The normalized spacial score (nSPS) is 23.2. The molecule has 0 spiro atoms. The number of halogens is 1. The van der Waals surface area contributed by atoms with Crippen LogP contribution in [0.1, 0.15) is 90.1 Å². The highest BCUT2D eigenvalue weighted by atomic mass is 127. The number of nitrogens with zero attached hydrogens (tertiary/aromatic N) is 3. The molecule has 2 saturated carbocycles. The first-order chi connectivity index (χ1) is 24.0. The van der Waals surface area contributed by atoms with Gasteiger partial charge in [-0.1, -0.05) is 82.5 Å². The average molecular weight is 816 g/mol. The fourth-order valence-corrected chi connectivity index (χ4v) is 8.70. The summed E-state index contributed by atoms with van der Waals surface area (Å²) in [5.74, 6) is -1.50. The van der Waals surface area contributed by atoms with Gasteiger partial charge in [-0.25, -0.2) is 4.98 Å². The van der Waals surface area contributed by atoms with Crippen LogP contribution in [-0.4, -0.2) is 90.9 Å². The van der Waals surface area contributed by atoms with E-state index in [9.17, 15) is 28.8 Å². The number of piperidine rings is 1. The Labute approximate surface area is 313 Å². The number of likely N-dealkylation sites (tertiary alicyclic amines) is 1. The van der Waals surface area contributed by atoms with Crippen LogP contribution in [0.25, 0.3) is 0 Å². The van der Waals surface area contributed by atoms with Crippen LogP contribution in [0.2, 0.25) is 0 Å². The van der Waals surface area contributed by atoms with Crippen LogP contribution in [0.15, 0.2) is 31.2 Å². The summed E-state index contributed by atoms with van der Waals surface area (Å²) in [6.07, 6.45) is 15.4. The van der Waals surface area contributed by atoms with Crippen molar-refractivity contribution in [3.05, 3.63) is 36.9 Å². The number of rotatable bonds is 14. The molecule has 2 unspecified atom stereocenters. The minimum Gasteiger partial charge on any atom is -0.346 e. The zero-order valence-electron chi connectivity index (χ0n) is 30.1. The lowest BCUT2D eigenvalue weighted by Gasteiger charge is -2.41. The number of amides is 5. The Bertz CT molecular complexity index is 1560. The smallest absolute Gasteiger partial charge is 0.289 e. The van der Waals surface area contributed by atoms with Gasteiger partial charge >= 0.3 is 0 Å². The van der Waals surface area contributed by atoms with Gasteiger partial charge < -0.3 is 26.2 Å². The van der Waals surface area contributed by atoms with E-state index >= 15 is 0 Å².